The summed E-state index contributed by atoms with van der Waals surface area (Å²) in [6.07, 6.45) is 2.19. The van der Waals surface area contributed by atoms with Gasteiger partial charge in [0.25, 0.3) is 0 Å². The summed E-state index contributed by atoms with van der Waals surface area (Å²) in [4.78, 5) is 0. The summed E-state index contributed by atoms with van der Waals surface area (Å²) < 4.78 is 0. The normalized spacial score (nSPS) is 11.3. The smallest absolute Gasteiger partial charge is 0.0202 e. The average Bonchev–Trinajstić information content (AvgIpc) is 2.53. The van der Waals surface area contributed by atoms with Crippen LogP contribution in [0.1, 0.15) is 16.7 Å². The molecule has 0 aliphatic carbocycles. The standard InChI is InChI=1S/C21H23N/c1-16-9-8-10-19(13-16)14-21(18(3)17(2)15-22-4)20-11-6-5-7-12-20/h5-14,22H,2-3,15H2,1,4H3/b21-14-. The molecule has 2 aromatic rings. The lowest BCUT2D eigenvalue weighted by molar-refractivity contribution is 0.893. The van der Waals surface area contributed by atoms with E-state index in [4.69, 9.17) is 0 Å². The Balaban J connectivity index is 2.46. The molecule has 0 amide bonds. The van der Waals surface area contributed by atoms with Crippen LogP contribution < -0.4 is 5.32 Å². The van der Waals surface area contributed by atoms with Crippen LogP contribution in [0.15, 0.2) is 78.9 Å². The van der Waals surface area contributed by atoms with Crippen molar-refractivity contribution in [3.05, 3.63) is 95.6 Å². The molecule has 0 atom stereocenters. The average molecular weight is 289 g/mol. The summed E-state index contributed by atoms with van der Waals surface area (Å²) in [6, 6.07) is 18.8. The number of benzene rings is 2. The van der Waals surface area contributed by atoms with Gasteiger partial charge in [0.1, 0.15) is 0 Å². The van der Waals surface area contributed by atoms with E-state index in [2.05, 4.69) is 67.9 Å². The Morgan fingerprint density at radius 1 is 1.05 bits per heavy atom. The molecule has 0 aliphatic rings. The van der Waals surface area contributed by atoms with Gasteiger partial charge in [-0.3, -0.25) is 0 Å². The van der Waals surface area contributed by atoms with Gasteiger partial charge >= 0.3 is 0 Å². The van der Waals surface area contributed by atoms with E-state index in [1.807, 2.05) is 25.2 Å². The van der Waals surface area contributed by atoms with E-state index in [-0.39, 0.29) is 0 Å². The van der Waals surface area contributed by atoms with Crippen LogP contribution in [0.3, 0.4) is 0 Å². The summed E-state index contributed by atoms with van der Waals surface area (Å²) in [5.74, 6) is 0. The van der Waals surface area contributed by atoms with E-state index in [0.29, 0.717) is 0 Å². The van der Waals surface area contributed by atoms with Crippen molar-refractivity contribution in [2.45, 2.75) is 6.92 Å². The number of likely N-dealkylation sites (N-methyl/N-ethyl adjacent to an activating group) is 1. The molecule has 1 N–H and O–H groups in total. The van der Waals surface area contributed by atoms with Crippen LogP contribution in [0.5, 0.6) is 0 Å². The highest BCUT2D eigenvalue weighted by atomic mass is 14.8. The van der Waals surface area contributed by atoms with Gasteiger partial charge in [-0.2, -0.15) is 0 Å². The number of aryl methyl sites for hydroxylation is 1. The van der Waals surface area contributed by atoms with Gasteiger partial charge in [-0.1, -0.05) is 73.3 Å². The van der Waals surface area contributed by atoms with Crippen molar-refractivity contribution in [1.82, 2.24) is 5.32 Å². The van der Waals surface area contributed by atoms with Crippen LogP contribution >= 0.6 is 0 Å². The predicted molar refractivity (Wildman–Crippen MR) is 97.7 cm³/mol. The number of hydrogen-bond donors (Lipinski definition) is 1. The highest BCUT2D eigenvalue weighted by Crippen LogP contribution is 2.28. The predicted octanol–water partition coefficient (Wildman–Crippen LogP) is 4.87. The number of rotatable bonds is 6. The van der Waals surface area contributed by atoms with Gasteiger partial charge < -0.3 is 5.32 Å². The Morgan fingerprint density at radius 3 is 2.41 bits per heavy atom. The van der Waals surface area contributed by atoms with Gasteiger partial charge in [0.2, 0.25) is 0 Å². The highest BCUT2D eigenvalue weighted by Gasteiger charge is 2.09. The lowest BCUT2D eigenvalue weighted by atomic mass is 9.92. The minimum atomic E-state index is 0.733. The van der Waals surface area contributed by atoms with Gasteiger partial charge in [0, 0.05) is 6.54 Å². The molecule has 112 valence electrons. The molecule has 0 spiro atoms. The van der Waals surface area contributed by atoms with E-state index in [0.717, 1.165) is 28.8 Å². The van der Waals surface area contributed by atoms with Crippen molar-refractivity contribution >= 4 is 11.6 Å². The fraction of sp³-hybridized carbons (Fsp3) is 0.143. The quantitative estimate of drug-likeness (QED) is 0.591. The Labute approximate surface area is 133 Å². The third-order valence-corrected chi connectivity index (χ3v) is 3.58. The Kier molecular flexibility index (Phi) is 5.51. The van der Waals surface area contributed by atoms with Gasteiger partial charge in [0.15, 0.2) is 0 Å². The number of hydrogen-bond acceptors (Lipinski definition) is 1. The summed E-state index contributed by atoms with van der Waals surface area (Å²) in [6.45, 7) is 11.2. The van der Waals surface area contributed by atoms with Crippen molar-refractivity contribution in [3.63, 3.8) is 0 Å². The third kappa shape index (κ3) is 4.06. The van der Waals surface area contributed by atoms with E-state index in [9.17, 15) is 0 Å². The second-order valence-electron chi connectivity index (χ2n) is 5.45. The molecule has 0 aromatic heterocycles. The summed E-state index contributed by atoms with van der Waals surface area (Å²) >= 11 is 0. The van der Waals surface area contributed by atoms with E-state index >= 15 is 0 Å². The fourth-order valence-corrected chi connectivity index (χ4v) is 2.40. The molecule has 22 heavy (non-hydrogen) atoms. The van der Waals surface area contributed by atoms with Crippen molar-refractivity contribution < 1.29 is 0 Å². The minimum absolute atomic E-state index is 0.733. The summed E-state index contributed by atoms with van der Waals surface area (Å²) in [5.41, 5.74) is 6.68. The zero-order valence-corrected chi connectivity index (χ0v) is 13.4. The molecular formula is C21H23N. The maximum absolute atomic E-state index is 4.26. The lowest BCUT2D eigenvalue weighted by Gasteiger charge is -2.14. The highest BCUT2D eigenvalue weighted by molar-refractivity contribution is 5.93. The van der Waals surface area contributed by atoms with Gasteiger partial charge in [-0.15, -0.1) is 0 Å². The molecule has 2 aromatic carbocycles. The molecule has 0 saturated carbocycles. The molecule has 0 bridgehead atoms. The van der Waals surface area contributed by atoms with Crippen molar-refractivity contribution in [2.75, 3.05) is 13.6 Å². The first-order valence-corrected chi connectivity index (χ1v) is 7.47. The van der Waals surface area contributed by atoms with Crippen LogP contribution in [0.2, 0.25) is 0 Å². The Morgan fingerprint density at radius 2 is 1.77 bits per heavy atom. The van der Waals surface area contributed by atoms with Crippen LogP contribution in [-0.2, 0) is 0 Å². The second-order valence-corrected chi connectivity index (χ2v) is 5.45. The first kappa shape index (κ1) is 16.0. The monoisotopic (exact) mass is 289 g/mol. The molecular weight excluding hydrogens is 266 g/mol. The van der Waals surface area contributed by atoms with E-state index in [1.165, 1.54) is 11.1 Å². The molecule has 1 nitrogen and oxygen atoms in total. The van der Waals surface area contributed by atoms with Crippen molar-refractivity contribution in [1.29, 1.82) is 0 Å². The van der Waals surface area contributed by atoms with Gasteiger partial charge in [-0.05, 0) is 47.9 Å². The van der Waals surface area contributed by atoms with Crippen LogP contribution in [-0.4, -0.2) is 13.6 Å². The summed E-state index contributed by atoms with van der Waals surface area (Å²) in [5, 5.41) is 3.14. The molecule has 0 radical (unpaired) electrons. The van der Waals surface area contributed by atoms with Crippen LogP contribution in [0.4, 0.5) is 0 Å². The first-order chi connectivity index (χ1) is 10.6. The van der Waals surface area contributed by atoms with Crippen molar-refractivity contribution in [2.24, 2.45) is 0 Å². The molecule has 1 heteroatoms. The largest absolute Gasteiger partial charge is 0.316 e. The topological polar surface area (TPSA) is 12.0 Å². The Hall–Kier alpha value is -2.38. The zero-order chi connectivity index (χ0) is 15.9. The summed E-state index contributed by atoms with van der Waals surface area (Å²) in [7, 11) is 1.92. The lowest BCUT2D eigenvalue weighted by Crippen LogP contribution is -2.11. The van der Waals surface area contributed by atoms with Crippen molar-refractivity contribution in [3.8, 4) is 0 Å². The molecule has 0 saturated heterocycles. The Bertz CT molecular complexity index is 693. The minimum Gasteiger partial charge on any atom is -0.316 e. The van der Waals surface area contributed by atoms with Crippen LogP contribution in [0, 0.1) is 6.92 Å². The molecule has 0 fully saturated rings. The van der Waals surface area contributed by atoms with Gasteiger partial charge in [-0.25, -0.2) is 0 Å². The maximum atomic E-state index is 4.26. The molecule has 0 unspecified atom stereocenters. The second kappa shape index (κ2) is 7.58. The van der Waals surface area contributed by atoms with Crippen LogP contribution in [0.25, 0.3) is 11.6 Å². The number of allylic oxidation sites excluding steroid dienone is 1. The molecule has 0 heterocycles. The zero-order valence-electron chi connectivity index (χ0n) is 13.4. The number of nitrogens with one attached hydrogen (secondary N) is 1. The molecule has 0 aliphatic heterocycles. The maximum Gasteiger partial charge on any atom is 0.0202 e. The first-order valence-electron chi connectivity index (χ1n) is 7.47. The fourth-order valence-electron chi connectivity index (χ4n) is 2.40. The van der Waals surface area contributed by atoms with E-state index < -0.39 is 0 Å². The van der Waals surface area contributed by atoms with Gasteiger partial charge in [0.05, 0.1) is 0 Å². The SMILES string of the molecule is C=C(CNC)C(=C)/C(=C/c1cccc(C)c1)c1ccccc1. The van der Waals surface area contributed by atoms with E-state index in [1.54, 1.807) is 0 Å². The molecule has 2 rings (SSSR count). The third-order valence-electron chi connectivity index (χ3n) is 3.58.